The van der Waals surface area contributed by atoms with Crippen LogP contribution < -0.4 is 10.5 Å². The number of aromatic nitrogens is 1. The second kappa shape index (κ2) is 4.87. The first-order valence-corrected chi connectivity index (χ1v) is 5.56. The number of aryl methyl sites for hydroxylation is 1. The van der Waals surface area contributed by atoms with Gasteiger partial charge in [-0.15, -0.1) is 0 Å². The Balaban J connectivity index is 2.07. The lowest BCUT2D eigenvalue weighted by Crippen LogP contribution is -1.99. The summed E-state index contributed by atoms with van der Waals surface area (Å²) < 4.78 is 5.76. The quantitative estimate of drug-likeness (QED) is 0.878. The van der Waals surface area contributed by atoms with E-state index in [2.05, 4.69) is 24.9 Å². The maximum absolute atomic E-state index is 5.76. The number of rotatable bonds is 3. The van der Waals surface area contributed by atoms with Crippen molar-refractivity contribution < 1.29 is 4.74 Å². The molecule has 0 spiro atoms. The number of nitrogens with zero attached hydrogens (tertiary/aromatic N) is 1. The molecule has 0 aliphatic carbocycles. The van der Waals surface area contributed by atoms with Crippen molar-refractivity contribution in [3.8, 4) is 5.75 Å². The SMILES string of the molecule is Cc1cccc(OCc2ccc(N)nc2)c1C. The number of hydrogen-bond donors (Lipinski definition) is 1. The number of benzene rings is 1. The van der Waals surface area contributed by atoms with E-state index in [-0.39, 0.29) is 0 Å². The summed E-state index contributed by atoms with van der Waals surface area (Å²) in [5.41, 5.74) is 8.95. The van der Waals surface area contributed by atoms with Crippen LogP contribution in [-0.4, -0.2) is 4.98 Å². The molecule has 2 aromatic rings. The van der Waals surface area contributed by atoms with Crippen LogP contribution in [0, 0.1) is 13.8 Å². The Bertz CT molecular complexity index is 506. The topological polar surface area (TPSA) is 48.1 Å². The molecule has 0 saturated heterocycles. The van der Waals surface area contributed by atoms with E-state index in [0.717, 1.165) is 11.3 Å². The van der Waals surface area contributed by atoms with Crippen LogP contribution in [0.25, 0.3) is 0 Å². The third kappa shape index (κ3) is 2.75. The Morgan fingerprint density at radius 3 is 2.71 bits per heavy atom. The molecule has 17 heavy (non-hydrogen) atoms. The van der Waals surface area contributed by atoms with Crippen molar-refractivity contribution in [2.75, 3.05) is 5.73 Å². The number of ether oxygens (including phenoxy) is 1. The molecule has 0 fully saturated rings. The van der Waals surface area contributed by atoms with Crippen molar-refractivity contribution in [3.05, 3.63) is 53.2 Å². The Morgan fingerprint density at radius 2 is 2.00 bits per heavy atom. The van der Waals surface area contributed by atoms with Crippen LogP contribution in [0.15, 0.2) is 36.5 Å². The first kappa shape index (κ1) is 11.5. The molecule has 1 heterocycles. The number of pyridine rings is 1. The zero-order valence-corrected chi connectivity index (χ0v) is 10.1. The highest BCUT2D eigenvalue weighted by molar-refractivity contribution is 5.38. The van der Waals surface area contributed by atoms with E-state index >= 15 is 0 Å². The van der Waals surface area contributed by atoms with Gasteiger partial charge in [0.1, 0.15) is 18.2 Å². The van der Waals surface area contributed by atoms with Crippen LogP contribution in [0.4, 0.5) is 5.82 Å². The molecule has 0 aliphatic rings. The van der Waals surface area contributed by atoms with Crippen LogP contribution in [0.2, 0.25) is 0 Å². The molecule has 1 aromatic carbocycles. The van der Waals surface area contributed by atoms with Crippen molar-refractivity contribution in [3.63, 3.8) is 0 Å². The lowest BCUT2D eigenvalue weighted by atomic mass is 10.1. The summed E-state index contributed by atoms with van der Waals surface area (Å²) >= 11 is 0. The van der Waals surface area contributed by atoms with Crippen LogP contribution in [0.5, 0.6) is 5.75 Å². The Kier molecular flexibility index (Phi) is 3.28. The van der Waals surface area contributed by atoms with E-state index in [0.29, 0.717) is 12.4 Å². The van der Waals surface area contributed by atoms with Crippen molar-refractivity contribution in [1.29, 1.82) is 0 Å². The molecule has 0 atom stereocenters. The Morgan fingerprint density at radius 1 is 1.18 bits per heavy atom. The number of anilines is 1. The Hall–Kier alpha value is -2.03. The predicted molar refractivity (Wildman–Crippen MR) is 68.9 cm³/mol. The minimum Gasteiger partial charge on any atom is -0.489 e. The fraction of sp³-hybridized carbons (Fsp3) is 0.214. The first-order chi connectivity index (χ1) is 8.16. The minimum absolute atomic E-state index is 0.511. The van der Waals surface area contributed by atoms with Crippen molar-refractivity contribution in [2.24, 2.45) is 0 Å². The minimum atomic E-state index is 0.511. The number of nitrogen functional groups attached to an aromatic ring is 1. The van der Waals surface area contributed by atoms with Gasteiger partial charge in [0, 0.05) is 11.8 Å². The Labute approximate surface area is 101 Å². The molecule has 0 unspecified atom stereocenters. The summed E-state index contributed by atoms with van der Waals surface area (Å²) in [5, 5.41) is 0. The van der Waals surface area contributed by atoms with Crippen LogP contribution in [0.1, 0.15) is 16.7 Å². The predicted octanol–water partition coefficient (Wildman–Crippen LogP) is 2.86. The van der Waals surface area contributed by atoms with Gasteiger partial charge in [-0.2, -0.15) is 0 Å². The van der Waals surface area contributed by atoms with Crippen LogP contribution in [0.3, 0.4) is 0 Å². The smallest absolute Gasteiger partial charge is 0.123 e. The molecule has 0 bridgehead atoms. The lowest BCUT2D eigenvalue weighted by Gasteiger charge is -2.10. The molecule has 88 valence electrons. The summed E-state index contributed by atoms with van der Waals surface area (Å²) in [6.07, 6.45) is 1.74. The molecular weight excluding hydrogens is 212 g/mol. The second-order valence-corrected chi connectivity index (χ2v) is 4.08. The summed E-state index contributed by atoms with van der Waals surface area (Å²) in [7, 11) is 0. The van der Waals surface area contributed by atoms with Gasteiger partial charge in [0.2, 0.25) is 0 Å². The third-order valence-electron chi connectivity index (χ3n) is 2.80. The largest absolute Gasteiger partial charge is 0.489 e. The van der Waals surface area contributed by atoms with Gasteiger partial charge in [0.15, 0.2) is 0 Å². The molecule has 2 N–H and O–H groups in total. The van der Waals surface area contributed by atoms with Crippen LogP contribution >= 0.6 is 0 Å². The average Bonchev–Trinajstić information content (AvgIpc) is 2.33. The fourth-order valence-corrected chi connectivity index (χ4v) is 1.56. The van der Waals surface area contributed by atoms with Gasteiger partial charge < -0.3 is 10.5 Å². The van der Waals surface area contributed by atoms with E-state index in [9.17, 15) is 0 Å². The highest BCUT2D eigenvalue weighted by Crippen LogP contribution is 2.21. The van der Waals surface area contributed by atoms with E-state index in [1.165, 1.54) is 11.1 Å². The average molecular weight is 228 g/mol. The van der Waals surface area contributed by atoms with E-state index < -0.39 is 0 Å². The van der Waals surface area contributed by atoms with Gasteiger partial charge in [-0.05, 0) is 37.1 Å². The van der Waals surface area contributed by atoms with Crippen LogP contribution in [-0.2, 0) is 6.61 Å². The zero-order valence-electron chi connectivity index (χ0n) is 10.1. The lowest BCUT2D eigenvalue weighted by molar-refractivity contribution is 0.303. The maximum Gasteiger partial charge on any atom is 0.123 e. The molecule has 0 saturated carbocycles. The molecule has 3 nitrogen and oxygen atoms in total. The third-order valence-corrected chi connectivity index (χ3v) is 2.80. The standard InChI is InChI=1S/C14H16N2O/c1-10-4-3-5-13(11(10)2)17-9-12-6-7-14(15)16-8-12/h3-8H,9H2,1-2H3,(H2,15,16). The molecule has 1 aromatic heterocycles. The van der Waals surface area contributed by atoms with E-state index in [4.69, 9.17) is 10.5 Å². The van der Waals surface area contributed by atoms with Crippen molar-refractivity contribution >= 4 is 5.82 Å². The summed E-state index contributed by atoms with van der Waals surface area (Å²) in [5.74, 6) is 1.45. The number of nitrogens with two attached hydrogens (primary N) is 1. The fourth-order valence-electron chi connectivity index (χ4n) is 1.56. The highest BCUT2D eigenvalue weighted by atomic mass is 16.5. The van der Waals surface area contributed by atoms with Gasteiger partial charge in [-0.1, -0.05) is 18.2 Å². The van der Waals surface area contributed by atoms with Crippen molar-refractivity contribution in [2.45, 2.75) is 20.5 Å². The zero-order chi connectivity index (χ0) is 12.3. The summed E-state index contributed by atoms with van der Waals surface area (Å²) in [6.45, 7) is 4.65. The van der Waals surface area contributed by atoms with Gasteiger partial charge >= 0.3 is 0 Å². The maximum atomic E-state index is 5.76. The normalized spacial score (nSPS) is 10.2. The summed E-state index contributed by atoms with van der Waals surface area (Å²) in [4.78, 5) is 4.03. The number of hydrogen-bond acceptors (Lipinski definition) is 3. The molecule has 2 rings (SSSR count). The van der Waals surface area contributed by atoms with Gasteiger partial charge in [0.25, 0.3) is 0 Å². The summed E-state index contributed by atoms with van der Waals surface area (Å²) in [6, 6.07) is 9.76. The molecule has 0 aliphatic heterocycles. The van der Waals surface area contributed by atoms with Crippen molar-refractivity contribution in [1.82, 2.24) is 4.98 Å². The monoisotopic (exact) mass is 228 g/mol. The van der Waals surface area contributed by atoms with E-state index in [1.807, 2.05) is 18.2 Å². The molecular formula is C14H16N2O. The molecule has 0 amide bonds. The molecule has 3 heteroatoms. The van der Waals surface area contributed by atoms with Gasteiger partial charge in [-0.25, -0.2) is 4.98 Å². The van der Waals surface area contributed by atoms with Gasteiger partial charge in [0.05, 0.1) is 0 Å². The highest BCUT2D eigenvalue weighted by Gasteiger charge is 2.02. The van der Waals surface area contributed by atoms with E-state index in [1.54, 1.807) is 12.3 Å². The second-order valence-electron chi connectivity index (χ2n) is 4.08. The molecule has 0 radical (unpaired) electrons. The first-order valence-electron chi connectivity index (χ1n) is 5.56. The van der Waals surface area contributed by atoms with Gasteiger partial charge in [-0.3, -0.25) is 0 Å².